The molecule has 1 amide bonds. The Hall–Kier alpha value is -2.19. The Bertz CT molecular complexity index is 1210. The zero-order valence-corrected chi connectivity index (χ0v) is 24.8. The fraction of sp³-hybridized carbons (Fsp3) is 0.781. The molecule has 4 aliphatic rings. The van der Waals surface area contributed by atoms with Crippen LogP contribution in [0.1, 0.15) is 103 Å². The van der Waals surface area contributed by atoms with Crippen LogP contribution in [0, 0.1) is 53.3 Å². The standard InChI is InChI=1S/C32H48N2O6/c1-17(6-11-28(38)34-33-19(3)29-26(36)14-18(2)40-30(29)39)23-9-10-24-22-8-7-20-15-21(35)12-13-31(20,4)25(22)16-27(37)32(23,24)5/h14,17,20-25,27,35-37H,6-13,15-16H2,1-5H3,(H,34,38)/t17-,20+,21-,22+,23-,24+,25+,27+,31+,32-/m1/s1. The number of aryl methyl sites for hydroxylation is 1. The van der Waals surface area contributed by atoms with Gasteiger partial charge in [0.2, 0.25) is 5.91 Å². The number of fused-ring (bicyclic) bond motifs is 5. The highest BCUT2D eigenvalue weighted by atomic mass is 16.4. The van der Waals surface area contributed by atoms with Crippen molar-refractivity contribution >= 4 is 11.6 Å². The summed E-state index contributed by atoms with van der Waals surface area (Å²) in [6.45, 7) is 10.1. The van der Waals surface area contributed by atoms with E-state index in [4.69, 9.17) is 4.42 Å². The molecule has 10 atom stereocenters. The minimum atomic E-state index is -0.692. The quantitative estimate of drug-likeness (QED) is 0.291. The van der Waals surface area contributed by atoms with Gasteiger partial charge in [0, 0.05) is 12.5 Å². The van der Waals surface area contributed by atoms with Gasteiger partial charge in [-0.1, -0.05) is 20.8 Å². The lowest BCUT2D eigenvalue weighted by Crippen LogP contribution is -2.58. The van der Waals surface area contributed by atoms with E-state index in [1.807, 2.05) is 0 Å². The molecule has 5 rings (SSSR count). The first-order valence-corrected chi connectivity index (χ1v) is 15.4. The molecule has 4 fully saturated rings. The number of nitrogens with one attached hydrogen (secondary N) is 1. The second-order valence-electron chi connectivity index (χ2n) is 14.0. The summed E-state index contributed by atoms with van der Waals surface area (Å²) in [5, 5.41) is 36.2. The van der Waals surface area contributed by atoms with Gasteiger partial charge >= 0.3 is 5.63 Å². The van der Waals surface area contributed by atoms with E-state index in [0.717, 1.165) is 38.5 Å². The lowest BCUT2D eigenvalue weighted by atomic mass is 9.43. The van der Waals surface area contributed by atoms with Crippen LogP contribution in [-0.4, -0.2) is 39.1 Å². The third kappa shape index (κ3) is 4.93. The Morgan fingerprint density at radius 2 is 1.90 bits per heavy atom. The number of nitrogens with zero attached hydrogens (tertiary/aromatic N) is 1. The monoisotopic (exact) mass is 556 g/mol. The number of amides is 1. The Morgan fingerprint density at radius 1 is 1.15 bits per heavy atom. The summed E-state index contributed by atoms with van der Waals surface area (Å²) in [7, 11) is 0. The van der Waals surface area contributed by atoms with Gasteiger partial charge in [0.25, 0.3) is 0 Å². The first kappa shape index (κ1) is 29.3. The van der Waals surface area contributed by atoms with Crippen molar-refractivity contribution < 1.29 is 24.5 Å². The van der Waals surface area contributed by atoms with Gasteiger partial charge in [-0.15, -0.1) is 0 Å². The third-order valence-corrected chi connectivity index (χ3v) is 12.1. The maximum Gasteiger partial charge on any atom is 0.348 e. The maximum atomic E-state index is 12.7. The lowest BCUT2D eigenvalue weighted by molar-refractivity contribution is -0.174. The molecule has 0 aliphatic heterocycles. The average Bonchev–Trinajstić information content (AvgIpc) is 3.25. The molecular weight excluding hydrogens is 508 g/mol. The Balaban J connectivity index is 1.22. The molecule has 0 aromatic carbocycles. The zero-order chi connectivity index (χ0) is 29.0. The van der Waals surface area contributed by atoms with E-state index in [0.29, 0.717) is 48.2 Å². The molecule has 4 aliphatic carbocycles. The van der Waals surface area contributed by atoms with Crippen molar-refractivity contribution in [3.05, 3.63) is 27.8 Å². The number of hydrogen-bond acceptors (Lipinski definition) is 7. The largest absolute Gasteiger partial charge is 0.507 e. The molecule has 1 aromatic heterocycles. The molecule has 8 nitrogen and oxygen atoms in total. The number of rotatable bonds is 6. The maximum absolute atomic E-state index is 12.7. The van der Waals surface area contributed by atoms with Gasteiger partial charge in [0.05, 0.1) is 17.9 Å². The molecule has 0 bridgehead atoms. The molecule has 1 heterocycles. The van der Waals surface area contributed by atoms with Crippen molar-refractivity contribution in [3.63, 3.8) is 0 Å². The highest BCUT2D eigenvalue weighted by Gasteiger charge is 2.63. The number of carbonyl (C=O) groups excluding carboxylic acids is 1. The van der Waals surface area contributed by atoms with Crippen molar-refractivity contribution in [2.45, 2.75) is 111 Å². The van der Waals surface area contributed by atoms with Gasteiger partial charge in [-0.2, -0.15) is 5.10 Å². The van der Waals surface area contributed by atoms with E-state index in [2.05, 4.69) is 31.3 Å². The van der Waals surface area contributed by atoms with Gasteiger partial charge in [-0.3, -0.25) is 4.79 Å². The summed E-state index contributed by atoms with van der Waals surface area (Å²) in [4.78, 5) is 24.8. The molecule has 0 spiro atoms. The Morgan fingerprint density at radius 3 is 2.62 bits per heavy atom. The zero-order valence-electron chi connectivity index (χ0n) is 24.8. The summed E-state index contributed by atoms with van der Waals surface area (Å²) in [6.07, 6.45) is 8.87. The fourth-order valence-electron chi connectivity index (χ4n) is 9.91. The minimum Gasteiger partial charge on any atom is -0.507 e. The number of aromatic hydroxyl groups is 1. The Kier molecular flexibility index (Phi) is 7.99. The lowest BCUT2D eigenvalue weighted by Gasteiger charge is -2.62. The molecule has 0 radical (unpaired) electrons. The van der Waals surface area contributed by atoms with E-state index in [1.165, 1.54) is 18.9 Å². The molecular formula is C32H48N2O6. The van der Waals surface area contributed by atoms with Gasteiger partial charge in [-0.05, 0) is 118 Å². The van der Waals surface area contributed by atoms with Crippen LogP contribution >= 0.6 is 0 Å². The van der Waals surface area contributed by atoms with Crippen LogP contribution in [0.3, 0.4) is 0 Å². The van der Waals surface area contributed by atoms with Gasteiger partial charge < -0.3 is 19.7 Å². The van der Waals surface area contributed by atoms with Gasteiger partial charge in [0.15, 0.2) is 0 Å². The molecule has 8 heteroatoms. The second kappa shape index (κ2) is 10.9. The fourth-order valence-corrected chi connectivity index (χ4v) is 9.91. The summed E-state index contributed by atoms with van der Waals surface area (Å²) in [6, 6.07) is 1.35. The number of carbonyl (C=O) groups is 1. The van der Waals surface area contributed by atoms with E-state index >= 15 is 0 Å². The van der Waals surface area contributed by atoms with Crippen molar-refractivity contribution in [2.75, 3.05) is 0 Å². The third-order valence-electron chi connectivity index (χ3n) is 12.1. The van der Waals surface area contributed by atoms with Crippen LogP contribution in [0.2, 0.25) is 0 Å². The highest BCUT2D eigenvalue weighted by molar-refractivity contribution is 6.01. The molecule has 0 unspecified atom stereocenters. The van der Waals surface area contributed by atoms with Crippen LogP contribution in [0.25, 0.3) is 0 Å². The van der Waals surface area contributed by atoms with Crippen molar-refractivity contribution in [1.82, 2.24) is 5.43 Å². The van der Waals surface area contributed by atoms with Crippen molar-refractivity contribution in [2.24, 2.45) is 51.4 Å². The summed E-state index contributed by atoms with van der Waals surface area (Å²) in [5.74, 6) is 2.72. The summed E-state index contributed by atoms with van der Waals surface area (Å²) in [5.41, 5.74) is 2.06. The average molecular weight is 557 g/mol. The predicted molar refractivity (Wildman–Crippen MR) is 153 cm³/mol. The smallest absolute Gasteiger partial charge is 0.348 e. The number of aliphatic hydroxyl groups excluding tert-OH is 2. The van der Waals surface area contributed by atoms with Crippen LogP contribution < -0.4 is 11.1 Å². The van der Waals surface area contributed by atoms with Gasteiger partial charge in [-0.25, -0.2) is 10.2 Å². The topological polar surface area (TPSA) is 132 Å². The number of aliphatic hydroxyl groups is 2. The van der Waals surface area contributed by atoms with E-state index in [1.54, 1.807) is 13.8 Å². The van der Waals surface area contributed by atoms with Gasteiger partial charge in [0.1, 0.15) is 17.1 Å². The molecule has 1 aromatic rings. The van der Waals surface area contributed by atoms with E-state index < -0.39 is 5.63 Å². The molecule has 0 saturated heterocycles. The normalized spacial score (nSPS) is 40.1. The summed E-state index contributed by atoms with van der Waals surface area (Å²) >= 11 is 0. The van der Waals surface area contributed by atoms with Crippen LogP contribution in [0.15, 0.2) is 20.4 Å². The molecule has 222 valence electrons. The summed E-state index contributed by atoms with van der Waals surface area (Å²) < 4.78 is 5.04. The molecule has 4 saturated carbocycles. The van der Waals surface area contributed by atoms with E-state index in [9.17, 15) is 24.9 Å². The molecule has 4 N–H and O–H groups in total. The van der Waals surface area contributed by atoms with Crippen LogP contribution in [0.5, 0.6) is 5.75 Å². The predicted octanol–water partition coefficient (Wildman–Crippen LogP) is 4.90. The minimum absolute atomic E-state index is 0.0546. The first-order valence-electron chi connectivity index (χ1n) is 15.4. The first-order chi connectivity index (χ1) is 18.9. The number of hydrazone groups is 1. The Labute approximate surface area is 237 Å². The second-order valence-corrected chi connectivity index (χ2v) is 14.0. The number of hydrogen-bond donors (Lipinski definition) is 4. The van der Waals surface area contributed by atoms with Crippen LogP contribution in [0.4, 0.5) is 0 Å². The van der Waals surface area contributed by atoms with E-state index in [-0.39, 0.29) is 51.9 Å². The van der Waals surface area contributed by atoms with Crippen molar-refractivity contribution in [3.8, 4) is 5.75 Å². The molecule has 40 heavy (non-hydrogen) atoms. The van der Waals surface area contributed by atoms with Crippen molar-refractivity contribution in [1.29, 1.82) is 0 Å². The van der Waals surface area contributed by atoms with Crippen LogP contribution in [-0.2, 0) is 4.79 Å². The highest BCUT2D eigenvalue weighted by Crippen LogP contribution is 2.68. The SMILES string of the molecule is CC(=NNC(=O)CC[C@@H](C)[C@H]1CC[C@H]2[C@@H]3CC[C@H]4C[C@H](O)CC[C@]4(C)[C@H]3C[C@H](O)[C@]12C)c1c(O)cc(C)oc1=O.